The van der Waals surface area contributed by atoms with E-state index in [1.54, 1.807) is 0 Å². The fourth-order valence-electron chi connectivity index (χ4n) is 4.44. The summed E-state index contributed by atoms with van der Waals surface area (Å²) in [5, 5.41) is 4.58. The number of rotatable bonds is 4. The summed E-state index contributed by atoms with van der Waals surface area (Å²) in [6, 6.07) is 25.1. The van der Waals surface area contributed by atoms with E-state index < -0.39 is 0 Å². The molecule has 0 fully saturated rings. The van der Waals surface area contributed by atoms with Gasteiger partial charge in [0, 0.05) is 16.6 Å². The SMILES string of the molecule is Clc1ccccc1C1Nc2ccc(OCc3ccccc3)cc2C2C=CCC21. The standard InChI is InChI=1S/C25H22ClNO/c26-23-12-5-4-9-21(23)25-20-11-6-10-19(20)22-15-18(13-14-24(22)27-25)28-16-17-7-2-1-3-8-17/h1-10,12-15,19-20,25,27H,11,16H2. The molecular formula is C25H22ClNO. The van der Waals surface area contributed by atoms with Crippen LogP contribution >= 0.6 is 11.6 Å². The molecule has 5 rings (SSSR count). The Bertz CT molecular complexity index is 1010. The third kappa shape index (κ3) is 3.18. The Hall–Kier alpha value is -2.71. The average Bonchev–Trinajstić information content (AvgIpc) is 3.23. The molecule has 28 heavy (non-hydrogen) atoms. The van der Waals surface area contributed by atoms with Crippen LogP contribution in [0, 0.1) is 5.92 Å². The summed E-state index contributed by atoms with van der Waals surface area (Å²) < 4.78 is 6.06. The molecule has 0 saturated heterocycles. The fraction of sp³-hybridized carbons (Fsp3) is 0.200. The molecule has 1 aliphatic heterocycles. The number of allylic oxidation sites excluding steroid dienone is 2. The van der Waals surface area contributed by atoms with E-state index in [4.69, 9.17) is 16.3 Å². The highest BCUT2D eigenvalue weighted by Crippen LogP contribution is 2.51. The van der Waals surface area contributed by atoms with Crippen molar-refractivity contribution >= 4 is 17.3 Å². The number of hydrogen-bond donors (Lipinski definition) is 1. The van der Waals surface area contributed by atoms with Crippen LogP contribution in [-0.4, -0.2) is 0 Å². The van der Waals surface area contributed by atoms with E-state index in [1.807, 2.05) is 30.3 Å². The Morgan fingerprint density at radius 1 is 0.929 bits per heavy atom. The van der Waals surface area contributed by atoms with E-state index in [9.17, 15) is 0 Å². The minimum Gasteiger partial charge on any atom is -0.489 e. The van der Waals surface area contributed by atoms with Gasteiger partial charge in [-0.1, -0.05) is 72.3 Å². The fourth-order valence-corrected chi connectivity index (χ4v) is 4.69. The van der Waals surface area contributed by atoms with Crippen molar-refractivity contribution in [2.24, 2.45) is 5.92 Å². The van der Waals surface area contributed by atoms with Crippen molar-refractivity contribution < 1.29 is 4.74 Å². The first-order valence-corrected chi connectivity index (χ1v) is 10.2. The molecule has 1 aliphatic carbocycles. The normalized spacial score (nSPS) is 22.2. The van der Waals surface area contributed by atoms with Crippen LogP contribution in [0.15, 0.2) is 84.9 Å². The van der Waals surface area contributed by atoms with Gasteiger partial charge in [-0.3, -0.25) is 0 Å². The van der Waals surface area contributed by atoms with Crippen molar-refractivity contribution in [3.8, 4) is 5.75 Å². The third-order valence-corrected chi connectivity index (χ3v) is 6.17. The summed E-state index contributed by atoms with van der Waals surface area (Å²) >= 11 is 6.52. The second kappa shape index (κ2) is 7.37. The van der Waals surface area contributed by atoms with Crippen LogP contribution in [-0.2, 0) is 6.61 Å². The Morgan fingerprint density at radius 2 is 1.75 bits per heavy atom. The summed E-state index contributed by atoms with van der Waals surface area (Å²) in [6.45, 7) is 0.583. The van der Waals surface area contributed by atoms with E-state index in [-0.39, 0.29) is 6.04 Å². The van der Waals surface area contributed by atoms with Gasteiger partial charge in [0.2, 0.25) is 0 Å². The maximum absolute atomic E-state index is 6.52. The van der Waals surface area contributed by atoms with Crippen LogP contribution in [0.4, 0.5) is 5.69 Å². The van der Waals surface area contributed by atoms with Gasteiger partial charge >= 0.3 is 0 Å². The first-order chi connectivity index (χ1) is 13.8. The smallest absolute Gasteiger partial charge is 0.120 e. The summed E-state index contributed by atoms with van der Waals surface area (Å²) in [5.41, 5.74) is 4.84. The summed E-state index contributed by atoms with van der Waals surface area (Å²) in [4.78, 5) is 0. The lowest BCUT2D eigenvalue weighted by Crippen LogP contribution is -2.29. The highest BCUT2D eigenvalue weighted by Gasteiger charge is 2.38. The van der Waals surface area contributed by atoms with Crippen molar-refractivity contribution in [3.05, 3.63) is 107 Å². The van der Waals surface area contributed by atoms with Gasteiger partial charge in [-0.05, 0) is 53.3 Å². The molecule has 3 unspecified atom stereocenters. The zero-order chi connectivity index (χ0) is 18.9. The van der Waals surface area contributed by atoms with Crippen molar-refractivity contribution in [1.82, 2.24) is 0 Å². The lowest BCUT2D eigenvalue weighted by molar-refractivity contribution is 0.305. The molecule has 0 amide bonds. The van der Waals surface area contributed by atoms with Crippen molar-refractivity contribution in [2.75, 3.05) is 5.32 Å². The molecule has 0 radical (unpaired) electrons. The molecule has 0 spiro atoms. The molecule has 0 aromatic heterocycles. The number of ether oxygens (including phenoxy) is 1. The van der Waals surface area contributed by atoms with Gasteiger partial charge in [0.05, 0.1) is 6.04 Å². The van der Waals surface area contributed by atoms with Gasteiger partial charge in [0.15, 0.2) is 0 Å². The molecule has 140 valence electrons. The highest BCUT2D eigenvalue weighted by atomic mass is 35.5. The zero-order valence-electron chi connectivity index (χ0n) is 15.5. The van der Waals surface area contributed by atoms with Gasteiger partial charge in [-0.15, -0.1) is 0 Å². The van der Waals surface area contributed by atoms with Gasteiger partial charge in [0.1, 0.15) is 12.4 Å². The maximum Gasteiger partial charge on any atom is 0.120 e. The minimum absolute atomic E-state index is 0.220. The van der Waals surface area contributed by atoms with Crippen LogP contribution in [0.3, 0.4) is 0 Å². The number of halogens is 1. The van der Waals surface area contributed by atoms with E-state index in [1.165, 1.54) is 22.4 Å². The molecule has 0 bridgehead atoms. The second-order valence-electron chi connectivity index (χ2n) is 7.52. The number of nitrogens with one attached hydrogen (secondary N) is 1. The average molecular weight is 388 g/mol. The van der Waals surface area contributed by atoms with Gasteiger partial charge in [0.25, 0.3) is 0 Å². The number of anilines is 1. The Morgan fingerprint density at radius 3 is 2.61 bits per heavy atom. The maximum atomic E-state index is 6.52. The van der Waals surface area contributed by atoms with Crippen molar-refractivity contribution in [3.63, 3.8) is 0 Å². The van der Waals surface area contributed by atoms with Crippen LogP contribution < -0.4 is 10.1 Å². The lowest BCUT2D eigenvalue weighted by atomic mass is 9.77. The molecule has 1 N–H and O–H groups in total. The highest BCUT2D eigenvalue weighted by molar-refractivity contribution is 6.31. The van der Waals surface area contributed by atoms with E-state index in [0.29, 0.717) is 18.4 Å². The van der Waals surface area contributed by atoms with Crippen LogP contribution in [0.25, 0.3) is 0 Å². The molecule has 0 saturated carbocycles. The number of hydrogen-bond acceptors (Lipinski definition) is 2. The molecule has 2 nitrogen and oxygen atoms in total. The predicted molar refractivity (Wildman–Crippen MR) is 115 cm³/mol. The first-order valence-electron chi connectivity index (χ1n) is 9.78. The van der Waals surface area contributed by atoms with E-state index >= 15 is 0 Å². The van der Waals surface area contributed by atoms with Gasteiger partial charge in [-0.25, -0.2) is 0 Å². The van der Waals surface area contributed by atoms with Crippen LogP contribution in [0.2, 0.25) is 5.02 Å². The van der Waals surface area contributed by atoms with E-state index in [2.05, 4.69) is 59.9 Å². The Kier molecular flexibility index (Phi) is 4.58. The van der Waals surface area contributed by atoms with Crippen LogP contribution in [0.1, 0.15) is 35.1 Å². The topological polar surface area (TPSA) is 21.3 Å². The quantitative estimate of drug-likeness (QED) is 0.500. The molecular weight excluding hydrogens is 366 g/mol. The third-order valence-electron chi connectivity index (χ3n) is 5.82. The van der Waals surface area contributed by atoms with E-state index in [0.717, 1.165) is 17.2 Å². The molecule has 3 heteroatoms. The number of benzene rings is 3. The zero-order valence-corrected chi connectivity index (χ0v) is 16.3. The second-order valence-corrected chi connectivity index (χ2v) is 7.93. The monoisotopic (exact) mass is 387 g/mol. The van der Waals surface area contributed by atoms with Crippen molar-refractivity contribution in [2.45, 2.75) is 25.0 Å². The Labute approximate surface area is 170 Å². The Balaban J connectivity index is 1.43. The molecule has 1 heterocycles. The molecule has 3 aromatic rings. The summed E-state index contributed by atoms with van der Waals surface area (Å²) in [6.07, 6.45) is 5.70. The van der Waals surface area contributed by atoms with Crippen LogP contribution in [0.5, 0.6) is 5.75 Å². The predicted octanol–water partition coefficient (Wildman–Crippen LogP) is 6.75. The largest absolute Gasteiger partial charge is 0.489 e. The van der Waals surface area contributed by atoms with Gasteiger partial charge < -0.3 is 10.1 Å². The first kappa shape index (κ1) is 17.4. The minimum atomic E-state index is 0.220. The molecule has 2 aliphatic rings. The molecule has 3 atom stereocenters. The summed E-state index contributed by atoms with van der Waals surface area (Å²) in [5.74, 6) is 1.77. The summed E-state index contributed by atoms with van der Waals surface area (Å²) in [7, 11) is 0. The molecule has 3 aromatic carbocycles. The van der Waals surface area contributed by atoms with Crippen molar-refractivity contribution in [1.29, 1.82) is 0 Å². The number of fused-ring (bicyclic) bond motifs is 3. The lowest BCUT2D eigenvalue weighted by Gasteiger charge is -2.38. The van der Waals surface area contributed by atoms with Gasteiger partial charge in [-0.2, -0.15) is 0 Å².